The van der Waals surface area contributed by atoms with Crippen molar-refractivity contribution in [3.63, 3.8) is 0 Å². The Hall–Kier alpha value is 1.56. The summed E-state index contributed by atoms with van der Waals surface area (Å²) in [6.45, 7) is 2.86. The number of nitrogens with zero attached hydrogens (tertiary/aromatic N) is 1. The summed E-state index contributed by atoms with van der Waals surface area (Å²) >= 11 is 0. The molecule has 0 spiro atoms. The summed E-state index contributed by atoms with van der Waals surface area (Å²) < 4.78 is 0. The van der Waals surface area contributed by atoms with Gasteiger partial charge in [-0.1, -0.05) is 6.92 Å². The third-order valence-electron chi connectivity index (χ3n) is 2.12. The Morgan fingerprint density at radius 2 is 2.20 bits per heavy atom. The van der Waals surface area contributed by atoms with Gasteiger partial charge in [0.1, 0.15) is 0 Å². The van der Waals surface area contributed by atoms with Crippen LogP contribution >= 0.6 is 0 Å². The van der Waals surface area contributed by atoms with Gasteiger partial charge >= 0.3 is 51.4 Å². The van der Waals surface area contributed by atoms with E-state index in [0.717, 1.165) is 13.0 Å². The van der Waals surface area contributed by atoms with Crippen LogP contribution < -0.4 is 56.5 Å². The minimum atomic E-state index is -0.405. The van der Waals surface area contributed by atoms with Crippen LogP contribution in [0.25, 0.3) is 0 Å². The van der Waals surface area contributed by atoms with E-state index < -0.39 is 6.10 Å². The molecule has 1 fully saturated rings. The second-order valence-corrected chi connectivity index (χ2v) is 2.90. The van der Waals surface area contributed by atoms with Crippen molar-refractivity contribution in [3.05, 3.63) is 0 Å². The zero-order valence-electron chi connectivity index (χ0n) is 7.13. The first kappa shape index (κ1) is 11.6. The van der Waals surface area contributed by atoms with Crippen molar-refractivity contribution >= 4 is 0 Å². The molecule has 2 atom stereocenters. The predicted octanol–water partition coefficient (Wildman–Crippen LogP) is -3.17. The van der Waals surface area contributed by atoms with Gasteiger partial charge in [0.15, 0.2) is 0 Å². The molecule has 0 radical (unpaired) electrons. The first-order valence-corrected chi connectivity index (χ1v) is 3.58. The number of hydrogen-bond acceptors (Lipinski definition) is 2. The van der Waals surface area contributed by atoms with E-state index in [1.54, 1.807) is 6.92 Å². The monoisotopic (exact) mass is 167 g/mol. The molecule has 0 amide bonds. The van der Waals surface area contributed by atoms with Gasteiger partial charge in [0.25, 0.3) is 0 Å². The van der Waals surface area contributed by atoms with Gasteiger partial charge < -0.3 is 10.0 Å². The van der Waals surface area contributed by atoms with Crippen molar-refractivity contribution in [2.45, 2.75) is 31.9 Å². The Morgan fingerprint density at radius 3 is 2.40 bits per heavy atom. The van der Waals surface area contributed by atoms with Gasteiger partial charge in [-0.2, -0.15) is 0 Å². The van der Waals surface area contributed by atoms with Crippen LogP contribution in [0.5, 0.6) is 0 Å². The fraction of sp³-hybridized carbons (Fsp3) is 1.00. The van der Waals surface area contributed by atoms with Crippen LogP contribution in [0.3, 0.4) is 0 Å². The van der Waals surface area contributed by atoms with Crippen molar-refractivity contribution in [2.24, 2.45) is 0 Å². The van der Waals surface area contributed by atoms with Crippen LogP contribution in [-0.2, 0) is 0 Å². The second-order valence-electron chi connectivity index (χ2n) is 2.90. The van der Waals surface area contributed by atoms with E-state index in [9.17, 15) is 5.11 Å². The molecule has 2 unspecified atom stereocenters. The molecule has 1 rings (SSSR count). The first-order valence-electron chi connectivity index (χ1n) is 3.58. The molecule has 0 aromatic carbocycles. The molecule has 10 heavy (non-hydrogen) atoms. The van der Waals surface area contributed by atoms with Gasteiger partial charge in [0.05, 0.1) is 0 Å². The molecule has 1 saturated heterocycles. The summed E-state index contributed by atoms with van der Waals surface area (Å²) in [5.74, 6) is 0. The van der Waals surface area contributed by atoms with Gasteiger partial charge in [0.2, 0.25) is 0 Å². The molecule has 0 aliphatic carbocycles. The van der Waals surface area contributed by atoms with Crippen LogP contribution in [0.2, 0.25) is 0 Å². The molecule has 0 saturated carbocycles. The average Bonchev–Trinajstić information content (AvgIpc) is 2.13. The smallest absolute Gasteiger partial charge is 0.851 e. The Morgan fingerprint density at radius 1 is 1.60 bits per heavy atom. The van der Waals surface area contributed by atoms with Crippen molar-refractivity contribution in [1.29, 1.82) is 0 Å². The molecule has 1 aliphatic heterocycles. The topological polar surface area (TPSA) is 26.3 Å². The van der Waals surface area contributed by atoms with Crippen molar-refractivity contribution in [2.75, 3.05) is 13.6 Å². The van der Waals surface area contributed by atoms with E-state index in [0.29, 0.717) is 6.04 Å². The molecule has 2 nitrogen and oxygen atoms in total. The van der Waals surface area contributed by atoms with Crippen molar-refractivity contribution < 1.29 is 56.5 Å². The summed E-state index contributed by atoms with van der Waals surface area (Å²) in [6, 6.07) is 0.310. The maximum Gasteiger partial charge on any atom is 1.00 e. The summed E-state index contributed by atoms with van der Waals surface area (Å²) in [5, 5.41) is 10.9. The molecular formula is C7H14KNO. The minimum absolute atomic E-state index is 0. The Labute approximate surface area is 105 Å². The number of hydrogen-bond donors (Lipinski definition) is 0. The van der Waals surface area contributed by atoms with E-state index >= 15 is 0 Å². The van der Waals surface area contributed by atoms with E-state index in [-0.39, 0.29) is 51.4 Å². The zero-order valence-corrected chi connectivity index (χ0v) is 10.3. The number of rotatable bonds is 1. The standard InChI is InChI=1S/C7H14NO.K/c1-6(9)7-4-3-5-8(7)2;/h6-7H,3-5H2,1-2H3;/q-1;+1. The second kappa shape index (κ2) is 5.25. The fourth-order valence-electron chi connectivity index (χ4n) is 1.53. The predicted molar refractivity (Wildman–Crippen MR) is 35.1 cm³/mol. The fourth-order valence-corrected chi connectivity index (χ4v) is 1.53. The largest absolute Gasteiger partial charge is 1.00 e. The summed E-state index contributed by atoms with van der Waals surface area (Å²) in [5.41, 5.74) is 0. The van der Waals surface area contributed by atoms with E-state index in [4.69, 9.17) is 0 Å². The Bertz CT molecular complexity index is 97.6. The molecule has 0 aromatic heterocycles. The van der Waals surface area contributed by atoms with Crippen molar-refractivity contribution in [3.8, 4) is 0 Å². The zero-order chi connectivity index (χ0) is 6.85. The van der Waals surface area contributed by atoms with Crippen LogP contribution in [0.15, 0.2) is 0 Å². The molecule has 1 aliphatic rings. The molecule has 3 heteroatoms. The van der Waals surface area contributed by atoms with Gasteiger partial charge in [0, 0.05) is 0 Å². The number of likely N-dealkylation sites (tertiary alicyclic amines) is 1. The average molecular weight is 167 g/mol. The molecule has 0 aromatic rings. The summed E-state index contributed by atoms with van der Waals surface area (Å²) in [4.78, 5) is 2.16. The third-order valence-corrected chi connectivity index (χ3v) is 2.12. The van der Waals surface area contributed by atoms with E-state index in [1.807, 2.05) is 7.05 Å². The van der Waals surface area contributed by atoms with Crippen LogP contribution in [0.1, 0.15) is 19.8 Å². The van der Waals surface area contributed by atoms with Crippen molar-refractivity contribution in [1.82, 2.24) is 4.90 Å². The Balaban J connectivity index is 0.000000810. The third kappa shape index (κ3) is 2.89. The summed E-state index contributed by atoms with van der Waals surface area (Å²) in [6.07, 6.45) is 1.90. The Kier molecular flexibility index (Phi) is 6.06. The van der Waals surface area contributed by atoms with Crippen LogP contribution in [-0.4, -0.2) is 30.6 Å². The molecule has 54 valence electrons. The van der Waals surface area contributed by atoms with E-state index in [1.165, 1.54) is 6.42 Å². The van der Waals surface area contributed by atoms with Gasteiger partial charge in [-0.15, -0.1) is 6.10 Å². The molecule has 1 heterocycles. The quantitative estimate of drug-likeness (QED) is 0.385. The van der Waals surface area contributed by atoms with Crippen LogP contribution in [0, 0.1) is 0 Å². The molecule has 0 N–H and O–H groups in total. The van der Waals surface area contributed by atoms with E-state index in [2.05, 4.69) is 4.90 Å². The SMILES string of the molecule is CC([O-])C1CCCN1C.[K+]. The van der Waals surface area contributed by atoms with Gasteiger partial charge in [-0.05, 0) is 32.5 Å². The maximum atomic E-state index is 10.9. The van der Waals surface area contributed by atoms with Crippen LogP contribution in [0.4, 0.5) is 0 Å². The molecular weight excluding hydrogens is 153 g/mol. The first-order chi connectivity index (χ1) is 4.22. The normalized spacial score (nSPS) is 29.7. The summed E-state index contributed by atoms with van der Waals surface area (Å²) in [7, 11) is 2.03. The minimum Gasteiger partial charge on any atom is -0.851 e. The maximum absolute atomic E-state index is 10.9. The number of likely N-dealkylation sites (N-methyl/N-ethyl adjacent to an activating group) is 1. The molecule has 0 bridgehead atoms. The van der Waals surface area contributed by atoms with Gasteiger partial charge in [-0.3, -0.25) is 0 Å². The van der Waals surface area contributed by atoms with Gasteiger partial charge in [-0.25, -0.2) is 0 Å².